The second-order valence-corrected chi connectivity index (χ2v) is 4.72. The summed E-state index contributed by atoms with van der Waals surface area (Å²) in [5, 5.41) is 0. The predicted molar refractivity (Wildman–Crippen MR) is 57.8 cm³/mol. The van der Waals surface area contributed by atoms with Crippen LogP contribution in [0.4, 0.5) is 0 Å². The van der Waals surface area contributed by atoms with Crippen LogP contribution in [0.25, 0.3) is 6.08 Å². The second kappa shape index (κ2) is 4.53. The SMILES string of the molecule is C=Cc1ccc(C(=O)CP(=O)(O)O)cc1. The molecule has 0 saturated heterocycles. The zero-order chi connectivity index (χ0) is 11.5. The summed E-state index contributed by atoms with van der Waals surface area (Å²) in [6.07, 6.45) is 0.873. The van der Waals surface area contributed by atoms with Gasteiger partial charge in [0.2, 0.25) is 0 Å². The zero-order valence-corrected chi connectivity index (χ0v) is 8.85. The van der Waals surface area contributed by atoms with E-state index in [4.69, 9.17) is 9.79 Å². The summed E-state index contributed by atoms with van der Waals surface area (Å²) in [5.41, 5.74) is 1.15. The molecule has 1 aromatic carbocycles. The van der Waals surface area contributed by atoms with Crippen molar-refractivity contribution < 1.29 is 19.1 Å². The number of carbonyl (C=O) groups excluding carboxylic acids is 1. The first-order chi connectivity index (χ1) is 6.92. The highest BCUT2D eigenvalue weighted by Crippen LogP contribution is 2.34. The predicted octanol–water partition coefficient (Wildman–Crippen LogP) is 1.69. The Bertz CT molecular complexity index is 416. The highest BCUT2D eigenvalue weighted by molar-refractivity contribution is 7.52. The monoisotopic (exact) mass is 226 g/mol. The molecular weight excluding hydrogens is 215 g/mol. The Labute approximate surface area is 87.4 Å². The van der Waals surface area contributed by atoms with E-state index in [-0.39, 0.29) is 0 Å². The van der Waals surface area contributed by atoms with Crippen molar-refractivity contribution in [3.05, 3.63) is 42.0 Å². The van der Waals surface area contributed by atoms with Crippen LogP contribution in [0.1, 0.15) is 15.9 Å². The molecule has 0 amide bonds. The van der Waals surface area contributed by atoms with Crippen molar-refractivity contribution in [2.45, 2.75) is 0 Å². The van der Waals surface area contributed by atoms with Gasteiger partial charge >= 0.3 is 7.60 Å². The molecule has 0 bridgehead atoms. The molecule has 80 valence electrons. The third-order valence-electron chi connectivity index (χ3n) is 1.82. The maximum Gasteiger partial charge on any atom is 0.333 e. The van der Waals surface area contributed by atoms with Crippen molar-refractivity contribution >= 4 is 19.5 Å². The molecule has 0 atom stereocenters. The Morgan fingerprint density at radius 1 is 1.33 bits per heavy atom. The second-order valence-electron chi connectivity index (χ2n) is 3.07. The van der Waals surface area contributed by atoms with Gasteiger partial charge in [-0.25, -0.2) is 0 Å². The standard InChI is InChI=1S/C10H11O4P/c1-2-8-3-5-9(6-4-8)10(11)7-15(12,13)14/h2-6H,1,7H2,(H2,12,13,14). The largest absolute Gasteiger partial charge is 0.333 e. The summed E-state index contributed by atoms with van der Waals surface area (Å²) in [6, 6.07) is 6.38. The van der Waals surface area contributed by atoms with Gasteiger partial charge < -0.3 is 9.79 Å². The zero-order valence-electron chi connectivity index (χ0n) is 7.96. The van der Waals surface area contributed by atoms with Crippen LogP contribution in [0.5, 0.6) is 0 Å². The van der Waals surface area contributed by atoms with Gasteiger partial charge in [0.05, 0.1) is 0 Å². The molecule has 2 N–H and O–H groups in total. The van der Waals surface area contributed by atoms with Gasteiger partial charge in [0.25, 0.3) is 0 Å². The third kappa shape index (κ3) is 3.80. The number of hydrogen-bond donors (Lipinski definition) is 2. The number of rotatable bonds is 4. The van der Waals surface area contributed by atoms with Gasteiger partial charge in [-0.1, -0.05) is 36.9 Å². The summed E-state index contributed by atoms with van der Waals surface area (Å²) in [7, 11) is -4.28. The molecule has 0 aliphatic rings. The van der Waals surface area contributed by atoms with Crippen LogP contribution in [-0.2, 0) is 4.57 Å². The van der Waals surface area contributed by atoms with E-state index in [1.165, 1.54) is 12.1 Å². The summed E-state index contributed by atoms with van der Waals surface area (Å²) in [5.74, 6) is -0.557. The van der Waals surface area contributed by atoms with E-state index in [0.29, 0.717) is 5.56 Å². The van der Waals surface area contributed by atoms with E-state index in [1.54, 1.807) is 18.2 Å². The van der Waals surface area contributed by atoms with E-state index < -0.39 is 19.5 Å². The topological polar surface area (TPSA) is 74.6 Å². The van der Waals surface area contributed by atoms with Crippen LogP contribution < -0.4 is 0 Å². The first kappa shape index (κ1) is 11.9. The molecular formula is C10H11O4P. The number of benzene rings is 1. The molecule has 0 radical (unpaired) electrons. The molecule has 0 heterocycles. The highest BCUT2D eigenvalue weighted by Gasteiger charge is 2.19. The molecule has 0 spiro atoms. The maximum atomic E-state index is 11.3. The van der Waals surface area contributed by atoms with Crippen LogP contribution in [0, 0.1) is 0 Å². The third-order valence-corrected chi connectivity index (χ3v) is 2.52. The molecule has 1 aromatic rings. The molecule has 0 unspecified atom stereocenters. The summed E-state index contributed by atoms with van der Waals surface area (Å²) in [4.78, 5) is 28.6. The van der Waals surface area contributed by atoms with Gasteiger partial charge in [-0.3, -0.25) is 9.36 Å². The fourth-order valence-corrected chi connectivity index (χ4v) is 1.64. The van der Waals surface area contributed by atoms with Crippen molar-refractivity contribution in [1.29, 1.82) is 0 Å². The van der Waals surface area contributed by atoms with E-state index in [9.17, 15) is 9.36 Å². The molecule has 1 rings (SSSR count). The van der Waals surface area contributed by atoms with Crippen molar-refractivity contribution in [2.75, 3.05) is 6.16 Å². The number of carbonyl (C=O) groups is 1. The van der Waals surface area contributed by atoms with Gasteiger partial charge in [0, 0.05) is 5.56 Å². The lowest BCUT2D eigenvalue weighted by atomic mass is 10.1. The molecule has 4 nitrogen and oxygen atoms in total. The van der Waals surface area contributed by atoms with Crippen molar-refractivity contribution in [3.8, 4) is 0 Å². The lowest BCUT2D eigenvalue weighted by Crippen LogP contribution is -2.05. The van der Waals surface area contributed by atoms with E-state index in [0.717, 1.165) is 5.56 Å². The minimum atomic E-state index is -4.28. The number of hydrogen-bond acceptors (Lipinski definition) is 2. The fraction of sp³-hybridized carbons (Fsp3) is 0.100. The average molecular weight is 226 g/mol. The van der Waals surface area contributed by atoms with Crippen LogP contribution >= 0.6 is 7.60 Å². The molecule has 0 aliphatic carbocycles. The van der Waals surface area contributed by atoms with Crippen LogP contribution in [0.3, 0.4) is 0 Å². The Kier molecular flexibility index (Phi) is 3.58. The lowest BCUT2D eigenvalue weighted by molar-refractivity contribution is 0.101. The van der Waals surface area contributed by atoms with Crippen molar-refractivity contribution in [1.82, 2.24) is 0 Å². The fourth-order valence-electron chi connectivity index (χ4n) is 1.08. The first-order valence-electron chi connectivity index (χ1n) is 4.22. The number of ketones is 1. The summed E-state index contributed by atoms with van der Waals surface area (Å²) < 4.78 is 10.6. The van der Waals surface area contributed by atoms with Gasteiger partial charge in [-0.2, -0.15) is 0 Å². The van der Waals surface area contributed by atoms with Gasteiger partial charge in [-0.05, 0) is 5.56 Å². The quantitative estimate of drug-likeness (QED) is 0.605. The van der Waals surface area contributed by atoms with Crippen molar-refractivity contribution in [3.63, 3.8) is 0 Å². The van der Waals surface area contributed by atoms with Crippen LogP contribution in [0.2, 0.25) is 0 Å². The normalized spacial score (nSPS) is 11.1. The summed E-state index contributed by atoms with van der Waals surface area (Å²) >= 11 is 0. The average Bonchev–Trinajstić information content (AvgIpc) is 2.15. The minimum Gasteiger partial charge on any atom is -0.324 e. The highest BCUT2D eigenvalue weighted by atomic mass is 31.2. The molecule has 5 heteroatoms. The molecule has 0 aliphatic heterocycles. The van der Waals surface area contributed by atoms with E-state index >= 15 is 0 Å². The first-order valence-corrected chi connectivity index (χ1v) is 6.02. The smallest absolute Gasteiger partial charge is 0.324 e. The van der Waals surface area contributed by atoms with Gasteiger partial charge in [0.15, 0.2) is 5.78 Å². The Balaban J connectivity index is 2.83. The van der Waals surface area contributed by atoms with Crippen LogP contribution in [-0.4, -0.2) is 21.7 Å². The van der Waals surface area contributed by atoms with Gasteiger partial charge in [-0.15, -0.1) is 0 Å². The number of Topliss-reactive ketones (excluding diaryl/α,β-unsaturated/α-hetero) is 1. The Hall–Kier alpha value is -1.22. The lowest BCUT2D eigenvalue weighted by Gasteiger charge is -2.03. The maximum absolute atomic E-state index is 11.3. The van der Waals surface area contributed by atoms with E-state index in [1.807, 2.05) is 0 Å². The Morgan fingerprint density at radius 3 is 2.27 bits per heavy atom. The van der Waals surface area contributed by atoms with Gasteiger partial charge in [0.1, 0.15) is 6.16 Å². The summed E-state index contributed by atoms with van der Waals surface area (Å²) in [6.45, 7) is 3.56. The molecule has 0 saturated carbocycles. The molecule has 0 fully saturated rings. The minimum absolute atomic E-state index is 0.295. The molecule has 0 aromatic heterocycles. The Morgan fingerprint density at radius 2 is 1.87 bits per heavy atom. The molecule has 15 heavy (non-hydrogen) atoms. The van der Waals surface area contributed by atoms with E-state index in [2.05, 4.69) is 6.58 Å². The van der Waals surface area contributed by atoms with Crippen LogP contribution in [0.15, 0.2) is 30.8 Å². The van der Waals surface area contributed by atoms with Crippen molar-refractivity contribution in [2.24, 2.45) is 0 Å².